The Morgan fingerprint density at radius 1 is 1.33 bits per heavy atom. The Kier molecular flexibility index (Phi) is 4.06. The Morgan fingerprint density at radius 3 is 3.00 bits per heavy atom. The summed E-state index contributed by atoms with van der Waals surface area (Å²) in [4.78, 5) is 23.1. The van der Waals surface area contributed by atoms with Gasteiger partial charge >= 0.3 is 0 Å². The molecule has 5 rings (SSSR count). The van der Waals surface area contributed by atoms with E-state index in [2.05, 4.69) is 20.2 Å². The molecule has 0 radical (unpaired) electrons. The van der Waals surface area contributed by atoms with E-state index < -0.39 is 0 Å². The van der Waals surface area contributed by atoms with Crippen molar-refractivity contribution in [1.29, 1.82) is 0 Å². The maximum absolute atomic E-state index is 12.4. The lowest BCUT2D eigenvalue weighted by molar-refractivity contribution is 0.0141. The molecule has 0 aromatic carbocycles. The number of hydrogen-bond donors (Lipinski definition) is 1. The molecule has 0 unspecified atom stereocenters. The van der Waals surface area contributed by atoms with Crippen LogP contribution >= 0.6 is 11.6 Å². The van der Waals surface area contributed by atoms with Crippen molar-refractivity contribution >= 4 is 23.3 Å². The Morgan fingerprint density at radius 2 is 2.19 bits per heavy atom. The van der Waals surface area contributed by atoms with Gasteiger partial charge in [-0.05, 0) is 37.1 Å². The van der Waals surface area contributed by atoms with Crippen LogP contribution in [0.5, 0.6) is 0 Å². The molecule has 3 aliphatic heterocycles. The maximum atomic E-state index is 12.4. The average Bonchev–Trinajstić information content (AvgIpc) is 3.35. The first-order chi connectivity index (χ1) is 13.2. The van der Waals surface area contributed by atoms with E-state index in [9.17, 15) is 4.79 Å². The van der Waals surface area contributed by atoms with Crippen molar-refractivity contribution in [2.45, 2.75) is 24.5 Å². The standard InChI is InChI=1S/C20H21ClN4O2/c21-16-2-1-7-23-18(16)25-11-15-14(17-3-6-20(15,12-25)27-17)10-24-19(26)13-4-8-22-9-5-13/h1-2,4-5,7-9,14-15,17H,3,6,10-12H2,(H,24,26)/t14-,15+,17+,20+/m0/s1. The summed E-state index contributed by atoms with van der Waals surface area (Å²) in [5, 5.41) is 3.77. The van der Waals surface area contributed by atoms with E-state index in [1.807, 2.05) is 12.1 Å². The number of fused-ring (bicyclic) bond motifs is 1. The second-order valence-electron chi connectivity index (χ2n) is 7.67. The largest absolute Gasteiger partial charge is 0.369 e. The topological polar surface area (TPSA) is 67.4 Å². The highest BCUT2D eigenvalue weighted by Crippen LogP contribution is 2.55. The highest BCUT2D eigenvalue weighted by Gasteiger charge is 2.63. The molecule has 0 saturated carbocycles. The second kappa shape index (κ2) is 6.46. The summed E-state index contributed by atoms with van der Waals surface area (Å²) in [6, 6.07) is 7.18. The van der Waals surface area contributed by atoms with E-state index in [1.165, 1.54) is 0 Å². The van der Waals surface area contributed by atoms with Crippen molar-refractivity contribution in [1.82, 2.24) is 15.3 Å². The van der Waals surface area contributed by atoms with Crippen LogP contribution in [0.3, 0.4) is 0 Å². The first-order valence-electron chi connectivity index (χ1n) is 9.38. The van der Waals surface area contributed by atoms with Crippen molar-refractivity contribution in [2.24, 2.45) is 11.8 Å². The lowest BCUT2D eigenvalue weighted by Crippen LogP contribution is -2.41. The highest BCUT2D eigenvalue weighted by molar-refractivity contribution is 6.32. The number of carbonyl (C=O) groups excluding carboxylic acids is 1. The number of rotatable bonds is 4. The Hall–Kier alpha value is -2.18. The molecule has 3 aliphatic rings. The summed E-state index contributed by atoms with van der Waals surface area (Å²) < 4.78 is 6.45. The normalized spacial score (nSPS) is 31.1. The van der Waals surface area contributed by atoms with E-state index in [0.717, 1.165) is 31.7 Å². The van der Waals surface area contributed by atoms with Crippen LogP contribution in [0.25, 0.3) is 0 Å². The number of ether oxygens (including phenoxy) is 1. The number of halogens is 1. The van der Waals surface area contributed by atoms with Crippen LogP contribution in [0, 0.1) is 11.8 Å². The van der Waals surface area contributed by atoms with Gasteiger partial charge in [0.15, 0.2) is 0 Å². The van der Waals surface area contributed by atoms with Crippen LogP contribution in [0.1, 0.15) is 23.2 Å². The average molecular weight is 385 g/mol. The second-order valence-corrected chi connectivity index (χ2v) is 8.07. The van der Waals surface area contributed by atoms with Crippen molar-refractivity contribution < 1.29 is 9.53 Å². The molecule has 2 aromatic rings. The summed E-state index contributed by atoms with van der Waals surface area (Å²) in [6.45, 7) is 2.31. The number of carbonyl (C=O) groups is 1. The number of amides is 1. The Balaban J connectivity index is 1.31. The molecule has 27 heavy (non-hydrogen) atoms. The van der Waals surface area contributed by atoms with Gasteiger partial charge in [-0.25, -0.2) is 4.98 Å². The Labute approximate surface area is 162 Å². The summed E-state index contributed by atoms with van der Waals surface area (Å²) in [6.07, 6.45) is 7.40. The van der Waals surface area contributed by atoms with Crippen LogP contribution < -0.4 is 10.2 Å². The number of anilines is 1. The molecule has 0 aliphatic carbocycles. The van der Waals surface area contributed by atoms with E-state index in [0.29, 0.717) is 29.0 Å². The molecule has 6 nitrogen and oxygen atoms in total. The first kappa shape index (κ1) is 17.0. The van der Waals surface area contributed by atoms with Gasteiger partial charge < -0.3 is 15.0 Å². The molecule has 2 aromatic heterocycles. The third-order valence-corrected chi connectivity index (χ3v) is 6.56. The fourth-order valence-electron chi connectivity index (χ4n) is 5.05. The molecular formula is C20H21ClN4O2. The van der Waals surface area contributed by atoms with Gasteiger partial charge in [0.2, 0.25) is 0 Å². The zero-order chi connectivity index (χ0) is 18.4. The number of nitrogens with one attached hydrogen (secondary N) is 1. The van der Waals surface area contributed by atoms with Crippen molar-refractivity contribution in [2.75, 3.05) is 24.5 Å². The molecule has 3 fully saturated rings. The van der Waals surface area contributed by atoms with E-state index >= 15 is 0 Å². The van der Waals surface area contributed by atoms with Gasteiger partial charge in [-0.3, -0.25) is 9.78 Å². The molecule has 1 spiro atoms. The summed E-state index contributed by atoms with van der Waals surface area (Å²) in [5.41, 5.74) is 0.509. The fourth-order valence-corrected chi connectivity index (χ4v) is 5.29. The number of nitrogens with zero attached hydrogens (tertiary/aromatic N) is 3. The smallest absolute Gasteiger partial charge is 0.251 e. The zero-order valence-electron chi connectivity index (χ0n) is 14.8. The zero-order valence-corrected chi connectivity index (χ0v) is 15.6. The summed E-state index contributed by atoms with van der Waals surface area (Å²) >= 11 is 6.36. The monoisotopic (exact) mass is 384 g/mol. The molecule has 1 amide bonds. The Bertz CT molecular complexity index is 864. The highest BCUT2D eigenvalue weighted by atomic mass is 35.5. The van der Waals surface area contributed by atoms with Gasteiger partial charge in [0, 0.05) is 55.6 Å². The molecule has 5 heterocycles. The van der Waals surface area contributed by atoms with Crippen LogP contribution in [0.15, 0.2) is 42.9 Å². The molecule has 140 valence electrons. The lowest BCUT2D eigenvalue weighted by Gasteiger charge is -2.29. The minimum Gasteiger partial charge on any atom is -0.369 e. The third kappa shape index (κ3) is 2.78. The summed E-state index contributed by atoms with van der Waals surface area (Å²) in [7, 11) is 0. The predicted octanol–water partition coefficient (Wildman–Crippen LogP) is 2.54. The van der Waals surface area contributed by atoms with Crippen LogP contribution in [-0.4, -0.2) is 47.2 Å². The first-order valence-corrected chi connectivity index (χ1v) is 9.76. The molecular weight excluding hydrogens is 364 g/mol. The van der Waals surface area contributed by atoms with Crippen molar-refractivity contribution in [3.63, 3.8) is 0 Å². The third-order valence-electron chi connectivity index (χ3n) is 6.26. The van der Waals surface area contributed by atoms with Gasteiger partial charge in [-0.2, -0.15) is 0 Å². The number of aromatic nitrogens is 2. The molecule has 2 bridgehead atoms. The molecule has 7 heteroatoms. The van der Waals surface area contributed by atoms with Gasteiger partial charge in [0.25, 0.3) is 5.91 Å². The van der Waals surface area contributed by atoms with Crippen LogP contribution in [-0.2, 0) is 4.74 Å². The predicted molar refractivity (Wildman–Crippen MR) is 102 cm³/mol. The van der Waals surface area contributed by atoms with Crippen LogP contribution in [0.4, 0.5) is 5.82 Å². The van der Waals surface area contributed by atoms with E-state index in [-0.39, 0.29) is 17.6 Å². The molecule has 4 atom stereocenters. The van der Waals surface area contributed by atoms with Gasteiger partial charge in [-0.1, -0.05) is 11.6 Å². The summed E-state index contributed by atoms with van der Waals surface area (Å²) in [5.74, 6) is 1.47. The van der Waals surface area contributed by atoms with Gasteiger partial charge in [-0.15, -0.1) is 0 Å². The van der Waals surface area contributed by atoms with E-state index in [1.54, 1.807) is 30.7 Å². The molecule has 1 N–H and O–H groups in total. The van der Waals surface area contributed by atoms with E-state index in [4.69, 9.17) is 16.3 Å². The fraction of sp³-hybridized carbons (Fsp3) is 0.450. The minimum absolute atomic E-state index is 0.0585. The lowest BCUT2D eigenvalue weighted by atomic mass is 9.73. The maximum Gasteiger partial charge on any atom is 0.251 e. The van der Waals surface area contributed by atoms with Gasteiger partial charge in [0.1, 0.15) is 5.82 Å². The number of pyridine rings is 2. The number of hydrogen-bond acceptors (Lipinski definition) is 5. The van der Waals surface area contributed by atoms with Crippen LogP contribution in [0.2, 0.25) is 5.02 Å². The molecule has 3 saturated heterocycles. The van der Waals surface area contributed by atoms with Gasteiger partial charge in [0.05, 0.1) is 16.7 Å². The SMILES string of the molecule is O=C(NC[C@H]1[C@H]2CN(c3ncccc3Cl)C[C@]23CC[C@H]1O3)c1ccncc1. The minimum atomic E-state index is -0.127. The van der Waals surface area contributed by atoms with Crippen molar-refractivity contribution in [3.05, 3.63) is 53.4 Å². The quantitative estimate of drug-likeness (QED) is 0.877. The van der Waals surface area contributed by atoms with Crippen molar-refractivity contribution in [3.8, 4) is 0 Å².